The van der Waals surface area contributed by atoms with Crippen molar-refractivity contribution in [1.82, 2.24) is 10.6 Å². The molecule has 2 heterocycles. The SMILES string of the molecule is C[C@]1(c2ccccc2)C[C@H](c2ccccc2)N[C@@H]1c1ccccc1.C[C@]1(c2ccccc2)C[C@H](c2ccccc2)N[C@@H]1c1ccccc1. The Kier molecular flexibility index (Phi) is 9.38. The lowest BCUT2D eigenvalue weighted by Gasteiger charge is -2.32. The van der Waals surface area contributed by atoms with Gasteiger partial charge in [-0.2, -0.15) is 0 Å². The first-order valence-electron chi connectivity index (χ1n) is 17.4. The molecule has 2 heteroatoms. The second kappa shape index (κ2) is 14.2. The van der Waals surface area contributed by atoms with Crippen LogP contribution in [-0.4, -0.2) is 0 Å². The van der Waals surface area contributed by atoms with Crippen LogP contribution in [0.4, 0.5) is 0 Å². The molecule has 48 heavy (non-hydrogen) atoms. The van der Waals surface area contributed by atoms with Gasteiger partial charge in [-0.1, -0.05) is 196 Å². The molecule has 0 radical (unpaired) electrons. The van der Waals surface area contributed by atoms with E-state index in [1.165, 1.54) is 33.4 Å². The van der Waals surface area contributed by atoms with Crippen molar-refractivity contribution in [2.24, 2.45) is 0 Å². The van der Waals surface area contributed by atoms with Crippen molar-refractivity contribution in [3.63, 3.8) is 0 Å². The van der Waals surface area contributed by atoms with Gasteiger partial charge in [0.05, 0.1) is 0 Å². The lowest BCUT2D eigenvalue weighted by Crippen LogP contribution is -2.30. The highest BCUT2D eigenvalue weighted by Gasteiger charge is 2.46. The summed E-state index contributed by atoms with van der Waals surface area (Å²) in [7, 11) is 0. The van der Waals surface area contributed by atoms with Crippen molar-refractivity contribution in [3.05, 3.63) is 215 Å². The average Bonchev–Trinajstić information content (AvgIpc) is 3.73. The first-order valence-corrected chi connectivity index (χ1v) is 17.4. The van der Waals surface area contributed by atoms with Crippen LogP contribution >= 0.6 is 0 Å². The maximum atomic E-state index is 3.91. The van der Waals surface area contributed by atoms with Gasteiger partial charge in [0.15, 0.2) is 0 Å². The van der Waals surface area contributed by atoms with Crippen LogP contribution in [0.1, 0.15) is 84.2 Å². The fraction of sp³-hybridized carbons (Fsp3) is 0.217. The molecule has 0 spiro atoms. The summed E-state index contributed by atoms with van der Waals surface area (Å²) in [4.78, 5) is 0. The Morgan fingerprint density at radius 2 is 0.604 bits per heavy atom. The average molecular weight is 627 g/mol. The number of rotatable bonds is 6. The highest BCUT2D eigenvalue weighted by Crippen LogP contribution is 2.51. The van der Waals surface area contributed by atoms with Crippen molar-refractivity contribution >= 4 is 0 Å². The Bertz CT molecular complexity index is 1700. The molecule has 0 aliphatic carbocycles. The minimum atomic E-state index is 0.0725. The zero-order valence-corrected chi connectivity index (χ0v) is 28.0. The van der Waals surface area contributed by atoms with E-state index < -0.39 is 0 Å². The third-order valence-electron chi connectivity index (χ3n) is 10.8. The Hall–Kier alpha value is -4.76. The lowest BCUT2D eigenvalue weighted by molar-refractivity contribution is 0.414. The predicted octanol–water partition coefficient (Wildman–Crippen LogP) is 10.8. The van der Waals surface area contributed by atoms with Gasteiger partial charge in [-0.05, 0) is 46.2 Å². The molecule has 8 rings (SSSR count). The summed E-state index contributed by atoms with van der Waals surface area (Å²) in [6.07, 6.45) is 2.20. The molecule has 0 unspecified atom stereocenters. The molecule has 0 amide bonds. The molecule has 6 atom stereocenters. The summed E-state index contributed by atoms with van der Waals surface area (Å²) in [6.45, 7) is 4.80. The molecule has 0 bridgehead atoms. The fourth-order valence-electron chi connectivity index (χ4n) is 8.20. The zero-order chi connectivity index (χ0) is 32.8. The monoisotopic (exact) mass is 626 g/mol. The van der Waals surface area contributed by atoms with E-state index >= 15 is 0 Å². The van der Waals surface area contributed by atoms with E-state index in [9.17, 15) is 0 Å². The molecule has 2 aliphatic heterocycles. The molecule has 2 N–H and O–H groups in total. The summed E-state index contributed by atoms with van der Waals surface area (Å²) < 4.78 is 0. The predicted molar refractivity (Wildman–Crippen MR) is 200 cm³/mol. The first kappa shape index (κ1) is 31.8. The van der Waals surface area contributed by atoms with Crippen LogP contribution in [0.5, 0.6) is 0 Å². The molecule has 6 aromatic carbocycles. The minimum absolute atomic E-state index is 0.0725. The lowest BCUT2D eigenvalue weighted by atomic mass is 9.73. The third-order valence-corrected chi connectivity index (χ3v) is 10.8. The standard InChI is InChI=1S/2C23H23N/c2*1-23(20-15-9-4-10-16-20)17-21(18-11-5-2-6-12-18)24-22(23)19-13-7-3-8-14-19/h2*2-16,21-22,24H,17H2,1H3/t2*21-,22-,23-/m11/s1. The zero-order valence-electron chi connectivity index (χ0n) is 28.0. The maximum absolute atomic E-state index is 3.91. The van der Waals surface area contributed by atoms with Crippen LogP contribution in [0, 0.1) is 0 Å². The summed E-state index contributed by atoms with van der Waals surface area (Å²) in [5.41, 5.74) is 8.43. The summed E-state index contributed by atoms with van der Waals surface area (Å²) in [5, 5.41) is 7.83. The molecule has 240 valence electrons. The number of benzene rings is 6. The fourth-order valence-corrected chi connectivity index (χ4v) is 8.20. The molecule has 0 saturated carbocycles. The van der Waals surface area contributed by atoms with Crippen molar-refractivity contribution < 1.29 is 0 Å². The van der Waals surface area contributed by atoms with E-state index in [4.69, 9.17) is 0 Å². The van der Waals surface area contributed by atoms with E-state index in [2.05, 4.69) is 206 Å². The van der Waals surface area contributed by atoms with E-state index in [1.54, 1.807) is 0 Å². The molecule has 0 aromatic heterocycles. The molecule has 2 fully saturated rings. The van der Waals surface area contributed by atoms with Gasteiger partial charge in [0.1, 0.15) is 0 Å². The van der Waals surface area contributed by atoms with Gasteiger partial charge in [0.25, 0.3) is 0 Å². The molecule has 2 aliphatic rings. The van der Waals surface area contributed by atoms with Crippen molar-refractivity contribution in [2.75, 3.05) is 0 Å². The minimum Gasteiger partial charge on any atom is -0.302 e. The normalized spacial score (nSPS) is 26.4. The number of hydrogen-bond acceptors (Lipinski definition) is 2. The molecular weight excluding hydrogens is 581 g/mol. The molecule has 2 saturated heterocycles. The number of hydrogen-bond donors (Lipinski definition) is 2. The third kappa shape index (κ3) is 6.52. The van der Waals surface area contributed by atoms with Crippen LogP contribution in [0.25, 0.3) is 0 Å². The quantitative estimate of drug-likeness (QED) is 0.192. The van der Waals surface area contributed by atoms with Crippen LogP contribution < -0.4 is 10.6 Å². The van der Waals surface area contributed by atoms with E-state index in [0.717, 1.165) is 12.8 Å². The van der Waals surface area contributed by atoms with Gasteiger partial charge in [0.2, 0.25) is 0 Å². The van der Waals surface area contributed by atoms with E-state index in [1.807, 2.05) is 0 Å². The Morgan fingerprint density at radius 3 is 0.896 bits per heavy atom. The van der Waals surface area contributed by atoms with Crippen molar-refractivity contribution in [3.8, 4) is 0 Å². The highest BCUT2D eigenvalue weighted by atomic mass is 15.0. The van der Waals surface area contributed by atoms with Crippen molar-refractivity contribution in [2.45, 2.75) is 61.7 Å². The molecular formula is C46H46N2. The summed E-state index contributed by atoms with van der Waals surface area (Å²) in [6, 6.07) is 66.6. The van der Waals surface area contributed by atoms with E-state index in [-0.39, 0.29) is 10.8 Å². The maximum Gasteiger partial charge on any atom is 0.0421 e. The second-order valence-electron chi connectivity index (χ2n) is 13.9. The van der Waals surface area contributed by atoms with Crippen molar-refractivity contribution in [1.29, 1.82) is 0 Å². The van der Waals surface area contributed by atoms with Gasteiger partial charge in [-0.15, -0.1) is 0 Å². The first-order chi connectivity index (χ1) is 23.5. The Labute approximate surface area is 286 Å². The van der Waals surface area contributed by atoms with Crippen LogP contribution in [0.3, 0.4) is 0 Å². The van der Waals surface area contributed by atoms with Gasteiger partial charge in [-0.3, -0.25) is 0 Å². The molecule has 2 nitrogen and oxygen atoms in total. The Balaban J connectivity index is 0.000000152. The van der Waals surface area contributed by atoms with Crippen LogP contribution in [0.15, 0.2) is 182 Å². The highest BCUT2D eigenvalue weighted by molar-refractivity contribution is 5.39. The van der Waals surface area contributed by atoms with Gasteiger partial charge in [0, 0.05) is 35.0 Å². The smallest absolute Gasteiger partial charge is 0.0421 e. The topological polar surface area (TPSA) is 24.1 Å². The summed E-state index contributed by atoms with van der Waals surface area (Å²) in [5.74, 6) is 0. The van der Waals surface area contributed by atoms with Gasteiger partial charge in [-0.25, -0.2) is 0 Å². The van der Waals surface area contributed by atoms with E-state index in [0.29, 0.717) is 24.2 Å². The largest absolute Gasteiger partial charge is 0.302 e. The van der Waals surface area contributed by atoms with Gasteiger partial charge < -0.3 is 10.6 Å². The second-order valence-corrected chi connectivity index (χ2v) is 13.9. The summed E-state index contributed by atoms with van der Waals surface area (Å²) >= 11 is 0. The van der Waals surface area contributed by atoms with Gasteiger partial charge >= 0.3 is 0 Å². The molecule has 6 aromatic rings. The van der Waals surface area contributed by atoms with Crippen LogP contribution in [0.2, 0.25) is 0 Å². The number of nitrogens with one attached hydrogen (secondary N) is 2. The Morgan fingerprint density at radius 1 is 0.354 bits per heavy atom. The van der Waals surface area contributed by atoms with Crippen LogP contribution in [-0.2, 0) is 10.8 Å².